The summed E-state index contributed by atoms with van der Waals surface area (Å²) in [4.78, 5) is 49.0. The van der Waals surface area contributed by atoms with Gasteiger partial charge in [-0.15, -0.1) is 0 Å². The van der Waals surface area contributed by atoms with Crippen LogP contribution in [-0.4, -0.2) is 72.2 Å². The molecule has 3 N–H and O–H groups in total. The first kappa shape index (κ1) is 31.6. The quantitative estimate of drug-likeness (QED) is 0.193. The molecule has 0 unspecified atom stereocenters. The summed E-state index contributed by atoms with van der Waals surface area (Å²) >= 11 is 0. The van der Waals surface area contributed by atoms with Crippen molar-refractivity contribution in [2.24, 2.45) is 0 Å². The second kappa shape index (κ2) is 15.2. The maximum atomic E-state index is 12.6. The zero-order chi connectivity index (χ0) is 31.5. The van der Waals surface area contributed by atoms with Crippen LogP contribution in [0.1, 0.15) is 22.3 Å². The van der Waals surface area contributed by atoms with E-state index in [9.17, 15) is 14.4 Å². The van der Waals surface area contributed by atoms with E-state index in [1.54, 1.807) is 61.9 Å². The number of nitrogens with one attached hydrogen (secondary N) is 3. The number of hydrogen-bond acceptors (Lipinski definition) is 7. The number of aryl methyl sites for hydroxylation is 1. The topological polar surface area (TPSA) is 120 Å². The second-order valence-electron chi connectivity index (χ2n) is 10.7. The van der Waals surface area contributed by atoms with E-state index in [4.69, 9.17) is 0 Å². The Kier molecular flexibility index (Phi) is 10.9. The average molecular weight is 592 g/mol. The fourth-order valence-electron chi connectivity index (χ4n) is 4.22. The Labute approximate surface area is 257 Å². The summed E-state index contributed by atoms with van der Waals surface area (Å²) < 4.78 is 0. The minimum Gasteiger partial charge on any atom is -0.345 e. The molecule has 10 heteroatoms. The number of rotatable bonds is 12. The molecule has 0 bridgehead atoms. The highest BCUT2D eigenvalue weighted by atomic mass is 16.2. The number of anilines is 4. The van der Waals surface area contributed by atoms with Gasteiger partial charge in [0, 0.05) is 56.1 Å². The summed E-state index contributed by atoms with van der Waals surface area (Å²) in [5, 5.41) is 8.94. The Morgan fingerprint density at radius 3 is 2.14 bits per heavy atom. The molecule has 0 aliphatic carbocycles. The number of hydrogen-bond donors (Lipinski definition) is 3. The van der Waals surface area contributed by atoms with Gasteiger partial charge in [0.15, 0.2) is 0 Å². The molecule has 2 heterocycles. The minimum atomic E-state index is -0.182. The highest BCUT2D eigenvalue weighted by Gasteiger charge is 2.09. The summed E-state index contributed by atoms with van der Waals surface area (Å²) in [5.74, 6) is 0.271. The van der Waals surface area contributed by atoms with Crippen molar-refractivity contribution in [2.75, 3.05) is 50.7 Å². The molecule has 0 aliphatic heterocycles. The van der Waals surface area contributed by atoms with Gasteiger partial charge < -0.3 is 25.8 Å². The number of benzene rings is 2. The molecule has 0 saturated heterocycles. The number of carbonyl (C=O) groups is 3. The Morgan fingerprint density at radius 1 is 0.773 bits per heavy atom. The van der Waals surface area contributed by atoms with Gasteiger partial charge in [-0.1, -0.05) is 30.3 Å². The van der Waals surface area contributed by atoms with Crippen LogP contribution in [0.25, 0.3) is 11.1 Å². The second-order valence-corrected chi connectivity index (χ2v) is 10.7. The van der Waals surface area contributed by atoms with Gasteiger partial charge >= 0.3 is 0 Å². The standard InChI is InChI=1S/C34H37N7O3/c1-40(2)19-5-6-32(42)38-28-15-7-24(8-16-28)9-18-33(43)39-30-20-29(22-35-23-30)37-31-17-14-27(21-36-31)25-10-12-26(13-11-25)34(44)41(3)4/h5-8,10-17,20-23H,9,18-19H2,1-4H3,(H,36,37)(H,38,42)(H,39,43). The predicted molar refractivity (Wildman–Crippen MR) is 175 cm³/mol. The largest absolute Gasteiger partial charge is 0.345 e. The molecule has 0 atom stereocenters. The zero-order valence-electron chi connectivity index (χ0n) is 25.4. The van der Waals surface area contributed by atoms with E-state index >= 15 is 0 Å². The van der Waals surface area contributed by atoms with E-state index in [2.05, 4.69) is 25.9 Å². The first-order valence-corrected chi connectivity index (χ1v) is 14.2. The number of aromatic nitrogens is 2. The van der Waals surface area contributed by atoms with Crippen molar-refractivity contribution in [1.29, 1.82) is 0 Å². The van der Waals surface area contributed by atoms with Crippen molar-refractivity contribution in [2.45, 2.75) is 12.8 Å². The van der Waals surface area contributed by atoms with Crippen molar-refractivity contribution >= 4 is 40.6 Å². The van der Waals surface area contributed by atoms with Gasteiger partial charge in [0.2, 0.25) is 11.8 Å². The molecule has 0 spiro atoms. The Hall–Kier alpha value is -5.35. The number of nitrogens with zero attached hydrogens (tertiary/aromatic N) is 4. The molecule has 2 aromatic carbocycles. The molecule has 226 valence electrons. The SMILES string of the molecule is CN(C)CC=CC(=O)Nc1ccc(CCC(=O)Nc2cncc(Nc3ccc(-c4ccc(C(=O)N(C)C)cc4)cn3)c2)cc1. The third-order valence-corrected chi connectivity index (χ3v) is 6.53. The summed E-state index contributed by atoms with van der Waals surface area (Å²) in [6.45, 7) is 0.691. The highest BCUT2D eigenvalue weighted by Crippen LogP contribution is 2.23. The van der Waals surface area contributed by atoms with Crippen molar-refractivity contribution in [3.8, 4) is 11.1 Å². The van der Waals surface area contributed by atoms with E-state index in [0.29, 0.717) is 47.8 Å². The molecule has 3 amide bonds. The fraction of sp³-hybridized carbons (Fsp3) is 0.206. The molecule has 4 rings (SSSR count). The Morgan fingerprint density at radius 2 is 1.48 bits per heavy atom. The lowest BCUT2D eigenvalue weighted by Gasteiger charge is -2.11. The highest BCUT2D eigenvalue weighted by molar-refractivity contribution is 5.99. The van der Waals surface area contributed by atoms with Gasteiger partial charge in [-0.25, -0.2) is 4.98 Å². The molecular weight excluding hydrogens is 554 g/mol. The first-order chi connectivity index (χ1) is 21.2. The van der Waals surface area contributed by atoms with Crippen molar-refractivity contribution in [1.82, 2.24) is 19.8 Å². The van der Waals surface area contributed by atoms with E-state index in [1.807, 2.05) is 67.5 Å². The van der Waals surface area contributed by atoms with Gasteiger partial charge in [-0.2, -0.15) is 0 Å². The van der Waals surface area contributed by atoms with Gasteiger partial charge in [-0.3, -0.25) is 19.4 Å². The van der Waals surface area contributed by atoms with Crippen LogP contribution < -0.4 is 16.0 Å². The molecule has 0 radical (unpaired) electrons. The van der Waals surface area contributed by atoms with Crippen molar-refractivity contribution in [3.05, 3.63) is 109 Å². The number of likely N-dealkylation sites (N-methyl/N-ethyl adjacent to an activating group) is 1. The van der Waals surface area contributed by atoms with Crippen LogP contribution >= 0.6 is 0 Å². The first-order valence-electron chi connectivity index (χ1n) is 14.2. The van der Waals surface area contributed by atoms with E-state index < -0.39 is 0 Å². The molecule has 4 aromatic rings. The third kappa shape index (κ3) is 9.60. The van der Waals surface area contributed by atoms with E-state index in [0.717, 1.165) is 16.7 Å². The van der Waals surface area contributed by atoms with Crippen molar-refractivity contribution < 1.29 is 14.4 Å². The van der Waals surface area contributed by atoms with Gasteiger partial charge in [0.1, 0.15) is 5.82 Å². The molecular formula is C34H37N7O3. The summed E-state index contributed by atoms with van der Waals surface area (Å²) in [5.41, 5.74) is 5.45. The summed E-state index contributed by atoms with van der Waals surface area (Å²) in [7, 11) is 7.33. The van der Waals surface area contributed by atoms with Crippen LogP contribution in [-0.2, 0) is 16.0 Å². The number of amides is 3. The maximum absolute atomic E-state index is 12.6. The molecule has 0 fully saturated rings. The minimum absolute atomic E-state index is 0.0425. The van der Waals surface area contributed by atoms with Crippen LogP contribution in [0.3, 0.4) is 0 Å². The molecule has 2 aromatic heterocycles. The molecule has 0 saturated carbocycles. The third-order valence-electron chi connectivity index (χ3n) is 6.53. The molecule has 10 nitrogen and oxygen atoms in total. The lowest BCUT2D eigenvalue weighted by atomic mass is 10.1. The monoisotopic (exact) mass is 591 g/mol. The summed E-state index contributed by atoms with van der Waals surface area (Å²) in [6, 6.07) is 20.5. The van der Waals surface area contributed by atoms with Crippen LogP contribution in [0.5, 0.6) is 0 Å². The number of pyridine rings is 2. The van der Waals surface area contributed by atoms with Crippen LogP contribution in [0.2, 0.25) is 0 Å². The zero-order valence-corrected chi connectivity index (χ0v) is 25.4. The molecule has 44 heavy (non-hydrogen) atoms. The van der Waals surface area contributed by atoms with Crippen LogP contribution in [0, 0.1) is 0 Å². The van der Waals surface area contributed by atoms with Gasteiger partial charge in [-0.05, 0) is 74.1 Å². The van der Waals surface area contributed by atoms with Gasteiger partial charge in [0.25, 0.3) is 5.91 Å². The Balaban J connectivity index is 1.26. The normalized spacial score (nSPS) is 10.9. The lowest BCUT2D eigenvalue weighted by Crippen LogP contribution is -2.21. The van der Waals surface area contributed by atoms with E-state index in [1.165, 1.54) is 6.08 Å². The molecule has 0 aliphatic rings. The predicted octanol–water partition coefficient (Wildman–Crippen LogP) is 5.22. The maximum Gasteiger partial charge on any atom is 0.253 e. The smallest absolute Gasteiger partial charge is 0.253 e. The van der Waals surface area contributed by atoms with E-state index in [-0.39, 0.29) is 17.7 Å². The average Bonchev–Trinajstić information content (AvgIpc) is 3.01. The summed E-state index contributed by atoms with van der Waals surface area (Å²) in [6.07, 6.45) is 9.18. The van der Waals surface area contributed by atoms with Gasteiger partial charge in [0.05, 0.1) is 23.8 Å². The Bertz CT molecular complexity index is 1600. The van der Waals surface area contributed by atoms with Crippen LogP contribution in [0.15, 0.2) is 97.5 Å². The fourth-order valence-corrected chi connectivity index (χ4v) is 4.22. The lowest BCUT2D eigenvalue weighted by molar-refractivity contribution is -0.116. The van der Waals surface area contributed by atoms with Crippen LogP contribution in [0.4, 0.5) is 22.9 Å². The number of carbonyl (C=O) groups excluding carboxylic acids is 3. The van der Waals surface area contributed by atoms with Crippen molar-refractivity contribution in [3.63, 3.8) is 0 Å².